The van der Waals surface area contributed by atoms with Gasteiger partial charge in [0.15, 0.2) is 10.9 Å². The van der Waals surface area contributed by atoms with Crippen molar-refractivity contribution in [3.8, 4) is 0 Å². The van der Waals surface area contributed by atoms with Gasteiger partial charge in [0.2, 0.25) is 0 Å². The lowest BCUT2D eigenvalue weighted by Crippen LogP contribution is -2.36. The number of thiocarbonyl (C=S) groups is 1. The monoisotopic (exact) mass is 291 g/mol. The molecule has 0 spiro atoms. The molecule has 2 aliphatic rings. The van der Waals surface area contributed by atoms with Crippen molar-refractivity contribution in [2.75, 3.05) is 11.9 Å². The van der Waals surface area contributed by atoms with E-state index >= 15 is 0 Å². The summed E-state index contributed by atoms with van der Waals surface area (Å²) in [5.41, 5.74) is 6.60. The Labute approximate surface area is 120 Å². The van der Waals surface area contributed by atoms with Crippen LogP contribution in [0.25, 0.3) is 0 Å². The van der Waals surface area contributed by atoms with Crippen LogP contribution in [-0.4, -0.2) is 32.9 Å². The number of nitrogens with zero attached hydrogens (tertiary/aromatic N) is 2. The van der Waals surface area contributed by atoms with Crippen LogP contribution in [0.3, 0.4) is 0 Å². The Bertz CT molecular complexity index is 569. The highest BCUT2D eigenvalue weighted by molar-refractivity contribution is 8.00. The zero-order chi connectivity index (χ0) is 13.2. The molecule has 7 heteroatoms. The molecule has 3 rings (SSSR count). The zero-order valence-corrected chi connectivity index (χ0v) is 11.7. The number of fused-ring (bicyclic) bond motifs is 2. The van der Waals surface area contributed by atoms with E-state index in [1.807, 2.05) is 0 Å². The number of aromatic nitrogens is 2. The molecule has 1 aromatic rings. The van der Waals surface area contributed by atoms with E-state index in [9.17, 15) is 0 Å². The average Bonchev–Trinajstić information content (AvgIpc) is 2.42. The van der Waals surface area contributed by atoms with Crippen LogP contribution in [-0.2, 0) is 0 Å². The Morgan fingerprint density at radius 1 is 1.47 bits per heavy atom. The quantitative estimate of drug-likeness (QED) is 0.703. The number of nitrogens with two attached hydrogens (primary N) is 1. The third-order valence-electron chi connectivity index (χ3n) is 2.93. The normalized spacial score (nSPS) is 23.7. The molecule has 0 radical (unpaired) electrons. The van der Waals surface area contributed by atoms with E-state index in [2.05, 4.69) is 38.8 Å². The van der Waals surface area contributed by atoms with Gasteiger partial charge in [-0.3, -0.25) is 0 Å². The molecule has 98 valence electrons. The highest BCUT2D eigenvalue weighted by Crippen LogP contribution is 2.37. The van der Waals surface area contributed by atoms with Gasteiger partial charge in [0.1, 0.15) is 5.03 Å². The summed E-state index contributed by atoms with van der Waals surface area (Å²) in [5, 5.41) is 7.97. The summed E-state index contributed by atoms with van der Waals surface area (Å²) < 4.78 is 0. The number of thioether (sulfide) groups is 1. The molecule has 1 aliphatic carbocycles. The van der Waals surface area contributed by atoms with E-state index < -0.39 is 0 Å². The number of hydrogen-bond acceptors (Lipinski definition) is 5. The molecule has 0 fully saturated rings. The first kappa shape index (κ1) is 12.4. The summed E-state index contributed by atoms with van der Waals surface area (Å²) in [4.78, 5) is 8.63. The third-order valence-corrected chi connectivity index (χ3v) is 4.32. The first-order valence-corrected chi connectivity index (χ1v) is 7.17. The summed E-state index contributed by atoms with van der Waals surface area (Å²) in [6.45, 7) is 0.648. The highest BCUT2D eigenvalue weighted by Gasteiger charge is 2.29. The Hall–Kier alpha value is -1.60. The van der Waals surface area contributed by atoms with Crippen LogP contribution in [0.5, 0.6) is 0 Å². The molecular weight excluding hydrogens is 278 g/mol. The predicted molar refractivity (Wildman–Crippen MR) is 81.1 cm³/mol. The van der Waals surface area contributed by atoms with E-state index in [0.29, 0.717) is 16.9 Å². The predicted octanol–water partition coefficient (Wildman–Crippen LogP) is 1.06. The maximum atomic E-state index is 5.44. The van der Waals surface area contributed by atoms with Gasteiger partial charge in [0, 0.05) is 18.9 Å². The minimum atomic E-state index is 0.224. The van der Waals surface area contributed by atoms with Crippen LogP contribution in [0, 0.1) is 0 Å². The van der Waals surface area contributed by atoms with Crippen molar-refractivity contribution < 1.29 is 0 Å². The fraction of sp³-hybridized carbons (Fsp3) is 0.250. The van der Waals surface area contributed by atoms with Crippen LogP contribution in [0.2, 0.25) is 0 Å². The van der Waals surface area contributed by atoms with Gasteiger partial charge in [-0.05, 0) is 17.8 Å². The van der Waals surface area contributed by atoms with Crippen LogP contribution in [0.15, 0.2) is 41.2 Å². The summed E-state index contributed by atoms with van der Waals surface area (Å²) in [5.74, 6) is 0.849. The number of anilines is 1. The largest absolute Gasteiger partial charge is 0.376 e. The Morgan fingerprint density at radius 3 is 3.16 bits per heavy atom. The second kappa shape index (κ2) is 5.18. The molecule has 1 aromatic heterocycles. The molecule has 19 heavy (non-hydrogen) atoms. The van der Waals surface area contributed by atoms with Crippen molar-refractivity contribution in [3.63, 3.8) is 0 Å². The molecule has 0 aromatic carbocycles. The van der Waals surface area contributed by atoms with Crippen LogP contribution in [0.4, 0.5) is 5.82 Å². The first-order chi connectivity index (χ1) is 9.22. The first-order valence-electron chi connectivity index (χ1n) is 5.89. The molecule has 0 amide bonds. The lowest BCUT2D eigenvalue weighted by atomic mass is 10.0. The van der Waals surface area contributed by atoms with E-state index in [-0.39, 0.29) is 6.04 Å². The maximum absolute atomic E-state index is 5.44. The molecular formula is C12H13N5S2. The van der Waals surface area contributed by atoms with Crippen LogP contribution < -0.4 is 16.4 Å². The van der Waals surface area contributed by atoms with Crippen molar-refractivity contribution in [2.45, 2.75) is 16.3 Å². The minimum Gasteiger partial charge on any atom is -0.376 e. The maximum Gasteiger partial charge on any atom is 0.163 e. The summed E-state index contributed by atoms with van der Waals surface area (Å²) in [6.07, 6.45) is 9.87. The highest BCUT2D eigenvalue weighted by atomic mass is 32.2. The van der Waals surface area contributed by atoms with Crippen molar-refractivity contribution in [1.82, 2.24) is 15.3 Å². The SMILES string of the molecule is NC(=S)NCC1=CC2Nc3nccnc3SC2C=C1. The van der Waals surface area contributed by atoms with Gasteiger partial charge in [-0.15, -0.1) is 0 Å². The van der Waals surface area contributed by atoms with E-state index in [1.165, 1.54) is 0 Å². The molecule has 0 bridgehead atoms. The fourth-order valence-electron chi connectivity index (χ4n) is 2.06. The van der Waals surface area contributed by atoms with Gasteiger partial charge in [0.05, 0.1) is 11.3 Å². The molecule has 2 unspecified atom stereocenters. The molecule has 2 heterocycles. The molecule has 0 saturated carbocycles. The molecule has 2 atom stereocenters. The van der Waals surface area contributed by atoms with E-state index in [0.717, 1.165) is 16.4 Å². The topological polar surface area (TPSA) is 75.9 Å². The molecule has 4 N–H and O–H groups in total. The van der Waals surface area contributed by atoms with Gasteiger partial charge in [-0.25, -0.2) is 9.97 Å². The second-order valence-electron chi connectivity index (χ2n) is 4.28. The van der Waals surface area contributed by atoms with E-state index in [1.54, 1.807) is 24.2 Å². The van der Waals surface area contributed by atoms with Gasteiger partial charge in [0.25, 0.3) is 0 Å². The Morgan fingerprint density at radius 2 is 2.32 bits per heavy atom. The van der Waals surface area contributed by atoms with Crippen molar-refractivity contribution >= 4 is 34.9 Å². The smallest absolute Gasteiger partial charge is 0.163 e. The molecule has 0 saturated heterocycles. The van der Waals surface area contributed by atoms with Crippen molar-refractivity contribution in [3.05, 3.63) is 36.2 Å². The zero-order valence-electron chi connectivity index (χ0n) is 10.0. The average molecular weight is 291 g/mol. The molecule has 5 nitrogen and oxygen atoms in total. The molecule has 1 aliphatic heterocycles. The standard InChI is InChI=1S/C12H13N5S2/c13-12(18)16-6-7-1-2-9-8(5-7)17-10-11(19-9)15-4-3-14-10/h1-5,8-9H,6H2,(H,14,17)(H3,13,16,18). The number of nitrogens with one attached hydrogen (secondary N) is 2. The minimum absolute atomic E-state index is 0.224. The number of rotatable bonds is 2. The van der Waals surface area contributed by atoms with Gasteiger partial charge < -0.3 is 16.4 Å². The second-order valence-corrected chi connectivity index (χ2v) is 5.89. The van der Waals surface area contributed by atoms with Crippen molar-refractivity contribution in [1.29, 1.82) is 0 Å². The van der Waals surface area contributed by atoms with Gasteiger partial charge in [-0.2, -0.15) is 0 Å². The number of hydrogen-bond donors (Lipinski definition) is 3. The third kappa shape index (κ3) is 2.71. The Balaban J connectivity index is 1.76. The van der Waals surface area contributed by atoms with E-state index in [4.69, 9.17) is 18.0 Å². The lowest BCUT2D eigenvalue weighted by Gasteiger charge is -2.31. The van der Waals surface area contributed by atoms with Crippen LogP contribution in [0.1, 0.15) is 0 Å². The van der Waals surface area contributed by atoms with Gasteiger partial charge in [-0.1, -0.05) is 30.0 Å². The lowest BCUT2D eigenvalue weighted by molar-refractivity contribution is 0.829. The van der Waals surface area contributed by atoms with Gasteiger partial charge >= 0.3 is 0 Å². The van der Waals surface area contributed by atoms with Crippen molar-refractivity contribution in [2.24, 2.45) is 5.73 Å². The Kier molecular flexibility index (Phi) is 3.39. The van der Waals surface area contributed by atoms with Crippen LogP contribution >= 0.6 is 24.0 Å². The summed E-state index contributed by atoms with van der Waals surface area (Å²) >= 11 is 6.54. The summed E-state index contributed by atoms with van der Waals surface area (Å²) in [7, 11) is 0. The summed E-state index contributed by atoms with van der Waals surface area (Å²) in [6, 6.07) is 0.224. The fourth-order valence-corrected chi connectivity index (χ4v) is 3.19.